The highest BCUT2D eigenvalue weighted by Gasteiger charge is 2.63. The largest absolute Gasteiger partial charge is 0.453 e. The van der Waals surface area contributed by atoms with Gasteiger partial charge in [-0.1, -0.05) is 46.6 Å². The Bertz CT molecular complexity index is 898. The van der Waals surface area contributed by atoms with Gasteiger partial charge >= 0.3 is 12.1 Å². The lowest BCUT2D eigenvalue weighted by molar-refractivity contribution is -0.275. The van der Waals surface area contributed by atoms with Gasteiger partial charge in [0.05, 0.1) is 5.56 Å². The van der Waals surface area contributed by atoms with Gasteiger partial charge in [-0.25, -0.2) is 4.79 Å². The van der Waals surface area contributed by atoms with Crippen LogP contribution in [0.2, 0.25) is 10.0 Å². The highest BCUT2D eigenvalue weighted by Crippen LogP contribution is 2.49. The first kappa shape index (κ1) is 20.5. The minimum absolute atomic E-state index is 0.0340. The zero-order chi connectivity index (χ0) is 20.5. The number of esters is 1. The molecule has 0 spiro atoms. The summed E-state index contributed by atoms with van der Waals surface area (Å²) in [6.45, 7) is 1.43. The smallest absolute Gasteiger partial charge is 0.435 e. The Kier molecular flexibility index (Phi) is 5.59. The van der Waals surface area contributed by atoms with Gasteiger partial charge in [-0.2, -0.15) is 13.2 Å². The average Bonchev–Trinajstić information content (AvgIpc) is 3.08. The summed E-state index contributed by atoms with van der Waals surface area (Å²) in [7, 11) is 0. The predicted octanol–water partition coefficient (Wildman–Crippen LogP) is 5.77. The zero-order valence-corrected chi connectivity index (χ0v) is 16.0. The second kappa shape index (κ2) is 7.64. The maximum absolute atomic E-state index is 13.9. The number of benzene rings is 2. The summed E-state index contributed by atoms with van der Waals surface area (Å²) in [6.07, 6.45) is -6.49. The van der Waals surface area contributed by atoms with E-state index in [-0.39, 0.29) is 26.9 Å². The third-order valence-corrected chi connectivity index (χ3v) is 4.73. The van der Waals surface area contributed by atoms with E-state index in [9.17, 15) is 18.0 Å². The van der Waals surface area contributed by atoms with E-state index in [4.69, 9.17) is 32.8 Å². The number of carbonyl (C=O) groups is 1. The third kappa shape index (κ3) is 3.95. The Morgan fingerprint density at radius 2 is 1.79 bits per heavy atom. The first-order chi connectivity index (χ1) is 13.1. The lowest BCUT2D eigenvalue weighted by Gasteiger charge is -2.30. The van der Waals surface area contributed by atoms with E-state index in [0.29, 0.717) is 0 Å². The van der Waals surface area contributed by atoms with Crippen LogP contribution in [0.15, 0.2) is 53.7 Å². The van der Waals surface area contributed by atoms with E-state index >= 15 is 0 Å². The van der Waals surface area contributed by atoms with Crippen LogP contribution in [-0.2, 0) is 15.2 Å². The number of hydrogen-bond acceptors (Lipinski definition) is 4. The lowest BCUT2D eigenvalue weighted by atomic mass is 9.87. The van der Waals surface area contributed by atoms with Gasteiger partial charge in [0.1, 0.15) is 11.8 Å². The van der Waals surface area contributed by atoms with Gasteiger partial charge in [0.25, 0.3) is 5.60 Å². The standard InChI is InChI=1S/C19H14Cl2F3NO3/c1-11(27-17(26)12-5-3-2-4-6-12)16-10-18(28-25-16,19(22,23)24)13-7-14(20)9-15(21)8-13/h2-9,11H,10H2,1H3. The summed E-state index contributed by atoms with van der Waals surface area (Å²) < 4.78 is 47.1. The van der Waals surface area contributed by atoms with Crippen molar-refractivity contribution in [2.75, 3.05) is 0 Å². The molecule has 2 aromatic rings. The molecule has 28 heavy (non-hydrogen) atoms. The number of nitrogens with zero attached hydrogens (tertiary/aromatic N) is 1. The van der Waals surface area contributed by atoms with Crippen molar-refractivity contribution in [1.29, 1.82) is 0 Å². The fourth-order valence-corrected chi connectivity index (χ4v) is 3.33. The van der Waals surface area contributed by atoms with Crippen LogP contribution in [0.4, 0.5) is 13.2 Å². The van der Waals surface area contributed by atoms with Crippen LogP contribution in [0.25, 0.3) is 0 Å². The fourth-order valence-electron chi connectivity index (χ4n) is 2.80. The Hall–Kier alpha value is -2.25. The Morgan fingerprint density at radius 1 is 1.18 bits per heavy atom. The van der Waals surface area contributed by atoms with Crippen LogP contribution >= 0.6 is 23.2 Å². The van der Waals surface area contributed by atoms with Crippen molar-refractivity contribution in [3.63, 3.8) is 0 Å². The number of carbonyl (C=O) groups excluding carboxylic acids is 1. The van der Waals surface area contributed by atoms with Gasteiger partial charge in [0.2, 0.25) is 0 Å². The molecule has 2 unspecified atom stereocenters. The van der Waals surface area contributed by atoms with Crippen molar-refractivity contribution < 1.29 is 27.5 Å². The zero-order valence-electron chi connectivity index (χ0n) is 14.5. The average molecular weight is 432 g/mol. The monoisotopic (exact) mass is 431 g/mol. The molecule has 1 aliphatic rings. The first-order valence-corrected chi connectivity index (χ1v) is 8.92. The summed E-state index contributed by atoms with van der Waals surface area (Å²) in [5.74, 6) is -0.675. The predicted molar refractivity (Wildman–Crippen MR) is 98.7 cm³/mol. The normalized spacial score (nSPS) is 20.3. The summed E-state index contributed by atoms with van der Waals surface area (Å²) in [4.78, 5) is 17.0. The number of ether oxygens (including phenoxy) is 1. The molecule has 0 aliphatic carbocycles. The lowest BCUT2D eigenvalue weighted by Crippen LogP contribution is -2.43. The summed E-state index contributed by atoms with van der Waals surface area (Å²) in [6, 6.07) is 11.7. The second-order valence-electron chi connectivity index (χ2n) is 6.25. The van der Waals surface area contributed by atoms with Crippen LogP contribution in [0.5, 0.6) is 0 Å². The molecule has 4 nitrogen and oxygen atoms in total. The number of hydrogen-bond donors (Lipinski definition) is 0. The maximum Gasteiger partial charge on any atom is 0.435 e. The van der Waals surface area contributed by atoms with E-state index in [1.807, 2.05) is 0 Å². The van der Waals surface area contributed by atoms with Gasteiger partial charge in [-0.05, 0) is 37.3 Å². The number of alkyl halides is 3. The second-order valence-corrected chi connectivity index (χ2v) is 7.12. The SMILES string of the molecule is CC(OC(=O)c1ccccc1)C1=NOC(c2cc(Cl)cc(Cl)c2)(C(F)(F)F)C1. The van der Waals surface area contributed by atoms with E-state index in [1.165, 1.54) is 25.1 Å². The van der Waals surface area contributed by atoms with E-state index in [2.05, 4.69) is 5.16 Å². The molecule has 1 aliphatic heterocycles. The number of oxime groups is 1. The molecule has 0 N–H and O–H groups in total. The van der Waals surface area contributed by atoms with Gasteiger partial charge < -0.3 is 9.57 Å². The molecule has 2 aromatic carbocycles. The van der Waals surface area contributed by atoms with Crippen LogP contribution < -0.4 is 0 Å². The van der Waals surface area contributed by atoms with Gasteiger partial charge in [-0.15, -0.1) is 0 Å². The fraction of sp³-hybridized carbons (Fsp3) is 0.263. The molecule has 3 rings (SSSR count). The molecular weight excluding hydrogens is 418 g/mol. The van der Waals surface area contributed by atoms with E-state index in [0.717, 1.165) is 12.1 Å². The number of halogens is 5. The van der Waals surface area contributed by atoms with E-state index in [1.54, 1.807) is 18.2 Å². The quantitative estimate of drug-likeness (QED) is 0.577. The van der Waals surface area contributed by atoms with Gasteiger partial charge in [0.15, 0.2) is 0 Å². The molecule has 0 saturated carbocycles. The van der Waals surface area contributed by atoms with Crippen molar-refractivity contribution in [3.05, 3.63) is 69.7 Å². The molecule has 0 aromatic heterocycles. The van der Waals surface area contributed by atoms with Crippen LogP contribution in [0.3, 0.4) is 0 Å². The third-order valence-electron chi connectivity index (χ3n) is 4.30. The summed E-state index contributed by atoms with van der Waals surface area (Å²) in [5, 5.41) is 3.64. The Labute approximate surface area is 168 Å². The molecule has 1 heterocycles. The van der Waals surface area contributed by atoms with Crippen molar-refractivity contribution in [2.45, 2.75) is 31.2 Å². The van der Waals surface area contributed by atoms with Crippen molar-refractivity contribution in [3.8, 4) is 0 Å². The minimum atomic E-state index is -4.81. The topological polar surface area (TPSA) is 47.9 Å². The summed E-state index contributed by atoms with van der Waals surface area (Å²) in [5.41, 5.74) is -2.82. The molecule has 0 amide bonds. The highest BCUT2D eigenvalue weighted by atomic mass is 35.5. The molecule has 0 bridgehead atoms. The molecule has 0 radical (unpaired) electrons. The van der Waals surface area contributed by atoms with Crippen molar-refractivity contribution in [1.82, 2.24) is 0 Å². The minimum Gasteiger partial charge on any atom is -0.453 e. The molecule has 2 atom stereocenters. The molecule has 0 fully saturated rings. The van der Waals surface area contributed by atoms with Crippen LogP contribution in [0.1, 0.15) is 29.3 Å². The molecular formula is C19H14Cl2F3NO3. The molecule has 0 saturated heterocycles. The Balaban J connectivity index is 1.84. The van der Waals surface area contributed by atoms with Crippen LogP contribution in [0, 0.1) is 0 Å². The van der Waals surface area contributed by atoms with Gasteiger partial charge in [0, 0.05) is 22.0 Å². The van der Waals surface area contributed by atoms with Gasteiger partial charge in [-0.3, -0.25) is 0 Å². The van der Waals surface area contributed by atoms with Crippen molar-refractivity contribution >= 4 is 34.9 Å². The maximum atomic E-state index is 13.9. The Morgan fingerprint density at radius 3 is 2.36 bits per heavy atom. The molecule has 9 heteroatoms. The van der Waals surface area contributed by atoms with E-state index < -0.39 is 30.3 Å². The molecule has 148 valence electrons. The highest BCUT2D eigenvalue weighted by molar-refractivity contribution is 6.34. The van der Waals surface area contributed by atoms with Crippen molar-refractivity contribution in [2.24, 2.45) is 5.16 Å². The van der Waals surface area contributed by atoms with Crippen LogP contribution in [-0.4, -0.2) is 24.0 Å². The number of rotatable bonds is 4. The first-order valence-electron chi connectivity index (χ1n) is 8.17. The summed E-state index contributed by atoms with van der Waals surface area (Å²) >= 11 is 11.7.